The van der Waals surface area contributed by atoms with Crippen LogP contribution in [0.15, 0.2) is 29.4 Å². The molecule has 1 aromatic heterocycles. The van der Waals surface area contributed by atoms with Gasteiger partial charge in [-0.2, -0.15) is 0 Å². The standard InChI is InChI=1S/C12H12N4O2S/c1-7(15-18)9-4-3-5-10(6-9)13-12(17)11-8(2)14-16-19-11/h3-6,18H,1-2H3,(H,13,17). The number of oxime groups is 1. The summed E-state index contributed by atoms with van der Waals surface area (Å²) in [4.78, 5) is 12.5. The second-order valence-corrected chi connectivity index (χ2v) is 4.66. The molecule has 0 unspecified atom stereocenters. The van der Waals surface area contributed by atoms with Crippen LogP contribution in [0.3, 0.4) is 0 Å². The molecule has 7 heteroatoms. The average Bonchev–Trinajstić information content (AvgIpc) is 2.84. The number of amides is 1. The lowest BCUT2D eigenvalue weighted by Crippen LogP contribution is -2.12. The summed E-state index contributed by atoms with van der Waals surface area (Å²) in [6, 6.07) is 7.06. The van der Waals surface area contributed by atoms with Crippen LogP contribution >= 0.6 is 11.5 Å². The number of hydrogen-bond donors (Lipinski definition) is 2. The summed E-state index contributed by atoms with van der Waals surface area (Å²) >= 11 is 1.06. The molecule has 6 nitrogen and oxygen atoms in total. The van der Waals surface area contributed by atoms with Crippen molar-refractivity contribution in [1.82, 2.24) is 9.59 Å². The van der Waals surface area contributed by atoms with Gasteiger partial charge in [-0.25, -0.2) is 0 Å². The van der Waals surface area contributed by atoms with Gasteiger partial charge >= 0.3 is 0 Å². The average molecular weight is 276 g/mol. The third-order valence-electron chi connectivity index (χ3n) is 2.55. The maximum atomic E-state index is 12.0. The van der Waals surface area contributed by atoms with E-state index in [1.54, 1.807) is 38.1 Å². The third-order valence-corrected chi connectivity index (χ3v) is 3.37. The van der Waals surface area contributed by atoms with E-state index < -0.39 is 0 Å². The van der Waals surface area contributed by atoms with Gasteiger partial charge in [0.2, 0.25) is 0 Å². The van der Waals surface area contributed by atoms with Gasteiger partial charge in [-0.3, -0.25) is 4.79 Å². The predicted octanol–water partition coefficient (Wildman–Crippen LogP) is 2.30. The van der Waals surface area contributed by atoms with Gasteiger partial charge in [0.25, 0.3) is 5.91 Å². The Morgan fingerprint density at radius 1 is 1.47 bits per heavy atom. The molecule has 2 rings (SSSR count). The van der Waals surface area contributed by atoms with Crippen LogP contribution in [0.2, 0.25) is 0 Å². The van der Waals surface area contributed by atoms with E-state index >= 15 is 0 Å². The number of hydrogen-bond acceptors (Lipinski definition) is 6. The van der Waals surface area contributed by atoms with Crippen LogP contribution in [0.5, 0.6) is 0 Å². The zero-order valence-electron chi connectivity index (χ0n) is 10.4. The zero-order valence-corrected chi connectivity index (χ0v) is 11.2. The fraction of sp³-hybridized carbons (Fsp3) is 0.167. The van der Waals surface area contributed by atoms with E-state index in [1.165, 1.54) is 0 Å². The maximum absolute atomic E-state index is 12.0. The molecule has 0 saturated carbocycles. The summed E-state index contributed by atoms with van der Waals surface area (Å²) in [5.74, 6) is -0.247. The fourth-order valence-corrected chi connectivity index (χ4v) is 2.06. The minimum Gasteiger partial charge on any atom is -0.411 e. The molecule has 98 valence electrons. The summed E-state index contributed by atoms with van der Waals surface area (Å²) in [5.41, 5.74) is 2.44. The fourth-order valence-electron chi connectivity index (χ4n) is 1.51. The highest BCUT2D eigenvalue weighted by molar-refractivity contribution is 7.08. The predicted molar refractivity (Wildman–Crippen MR) is 73.0 cm³/mol. The van der Waals surface area contributed by atoms with Crippen molar-refractivity contribution >= 4 is 28.8 Å². The number of benzene rings is 1. The molecule has 0 saturated heterocycles. The highest BCUT2D eigenvalue weighted by atomic mass is 32.1. The lowest BCUT2D eigenvalue weighted by molar-refractivity contribution is 0.103. The van der Waals surface area contributed by atoms with E-state index in [0.717, 1.165) is 17.1 Å². The summed E-state index contributed by atoms with van der Waals surface area (Å²) < 4.78 is 3.72. The van der Waals surface area contributed by atoms with Gasteiger partial charge in [0.1, 0.15) is 4.88 Å². The number of carbonyl (C=O) groups excluding carboxylic acids is 1. The first kappa shape index (κ1) is 13.2. The molecule has 1 heterocycles. The highest BCUT2D eigenvalue weighted by Crippen LogP contribution is 2.15. The van der Waals surface area contributed by atoms with Gasteiger partial charge in [0.05, 0.1) is 11.4 Å². The Morgan fingerprint density at radius 3 is 2.89 bits per heavy atom. The molecule has 0 spiro atoms. The maximum Gasteiger partial charge on any atom is 0.269 e. The van der Waals surface area contributed by atoms with Crippen LogP contribution < -0.4 is 5.32 Å². The van der Waals surface area contributed by atoms with Crippen molar-refractivity contribution in [2.24, 2.45) is 5.16 Å². The summed E-state index contributed by atoms with van der Waals surface area (Å²) in [7, 11) is 0. The molecule has 0 aliphatic carbocycles. The third kappa shape index (κ3) is 2.94. The van der Waals surface area contributed by atoms with Crippen molar-refractivity contribution in [3.8, 4) is 0 Å². The Balaban J connectivity index is 2.20. The zero-order chi connectivity index (χ0) is 13.8. The van der Waals surface area contributed by atoms with Crippen LogP contribution in [-0.4, -0.2) is 26.4 Å². The molecule has 2 N–H and O–H groups in total. The first-order valence-electron chi connectivity index (χ1n) is 5.51. The van der Waals surface area contributed by atoms with Crippen LogP contribution in [0, 0.1) is 6.92 Å². The molecule has 0 aliphatic rings. The van der Waals surface area contributed by atoms with E-state index in [1.807, 2.05) is 0 Å². The molecule has 1 aromatic carbocycles. The quantitative estimate of drug-likeness (QED) is 0.511. The van der Waals surface area contributed by atoms with E-state index in [9.17, 15) is 4.79 Å². The van der Waals surface area contributed by atoms with Crippen LogP contribution in [0.25, 0.3) is 0 Å². The summed E-state index contributed by atoms with van der Waals surface area (Å²) in [6.07, 6.45) is 0. The molecule has 0 atom stereocenters. The van der Waals surface area contributed by atoms with E-state index in [-0.39, 0.29) is 5.91 Å². The largest absolute Gasteiger partial charge is 0.411 e. The van der Waals surface area contributed by atoms with E-state index in [2.05, 4.69) is 20.1 Å². The molecule has 0 aliphatic heterocycles. The van der Waals surface area contributed by atoms with Gasteiger partial charge in [-0.1, -0.05) is 21.8 Å². The Morgan fingerprint density at radius 2 is 2.26 bits per heavy atom. The Kier molecular flexibility index (Phi) is 3.86. The van der Waals surface area contributed by atoms with Crippen molar-refractivity contribution < 1.29 is 10.0 Å². The molecule has 0 fully saturated rings. The smallest absolute Gasteiger partial charge is 0.269 e. The molecular weight excluding hydrogens is 264 g/mol. The van der Waals surface area contributed by atoms with Crippen molar-refractivity contribution in [2.45, 2.75) is 13.8 Å². The van der Waals surface area contributed by atoms with Crippen molar-refractivity contribution in [3.05, 3.63) is 40.4 Å². The number of rotatable bonds is 3. The second kappa shape index (κ2) is 5.57. The van der Waals surface area contributed by atoms with Crippen LogP contribution in [0.1, 0.15) is 27.9 Å². The Hall–Kier alpha value is -2.28. The SMILES string of the molecule is CC(=NO)c1cccc(NC(=O)c2snnc2C)c1. The number of aryl methyl sites for hydroxylation is 1. The highest BCUT2D eigenvalue weighted by Gasteiger charge is 2.13. The molecular formula is C12H12N4O2S. The van der Waals surface area contributed by atoms with Crippen molar-refractivity contribution in [1.29, 1.82) is 0 Å². The molecule has 0 radical (unpaired) electrons. The van der Waals surface area contributed by atoms with Gasteiger partial charge in [0, 0.05) is 11.3 Å². The summed E-state index contributed by atoms with van der Waals surface area (Å²) in [6.45, 7) is 3.41. The van der Waals surface area contributed by atoms with Crippen LogP contribution in [0.4, 0.5) is 5.69 Å². The Bertz CT molecular complexity index is 636. The lowest BCUT2D eigenvalue weighted by Gasteiger charge is -2.05. The minimum atomic E-state index is -0.247. The van der Waals surface area contributed by atoms with E-state index in [0.29, 0.717) is 22.0 Å². The first-order valence-corrected chi connectivity index (χ1v) is 6.28. The molecule has 19 heavy (non-hydrogen) atoms. The number of carbonyl (C=O) groups is 1. The van der Waals surface area contributed by atoms with Crippen molar-refractivity contribution in [3.63, 3.8) is 0 Å². The van der Waals surface area contributed by atoms with Gasteiger partial charge < -0.3 is 10.5 Å². The number of nitrogens with one attached hydrogen (secondary N) is 1. The molecule has 0 bridgehead atoms. The summed E-state index contributed by atoms with van der Waals surface area (Å²) in [5, 5.41) is 18.4. The van der Waals surface area contributed by atoms with Gasteiger partial charge in [-0.05, 0) is 37.5 Å². The van der Waals surface area contributed by atoms with Gasteiger partial charge in [-0.15, -0.1) is 5.10 Å². The molecule has 2 aromatic rings. The normalized spacial score (nSPS) is 11.4. The number of nitrogens with zero attached hydrogens (tertiary/aromatic N) is 3. The van der Waals surface area contributed by atoms with Crippen molar-refractivity contribution in [2.75, 3.05) is 5.32 Å². The monoisotopic (exact) mass is 276 g/mol. The number of aromatic nitrogens is 2. The molecule has 1 amide bonds. The number of anilines is 1. The second-order valence-electron chi connectivity index (χ2n) is 3.91. The Labute approximate surface area is 113 Å². The lowest BCUT2D eigenvalue weighted by atomic mass is 10.1. The van der Waals surface area contributed by atoms with Crippen LogP contribution in [-0.2, 0) is 0 Å². The van der Waals surface area contributed by atoms with Gasteiger partial charge in [0.15, 0.2) is 0 Å². The first-order chi connectivity index (χ1) is 9.11. The van der Waals surface area contributed by atoms with E-state index in [4.69, 9.17) is 5.21 Å². The minimum absolute atomic E-state index is 0.247. The topological polar surface area (TPSA) is 87.5 Å².